The van der Waals surface area contributed by atoms with E-state index in [0.29, 0.717) is 12.5 Å². The Balaban J connectivity index is 2.18. The highest BCUT2D eigenvalue weighted by molar-refractivity contribution is 5.78. The number of aliphatic carboxylic acids is 1. The zero-order valence-electron chi connectivity index (χ0n) is 13.5. The van der Waals surface area contributed by atoms with Gasteiger partial charge in [-0.3, -0.25) is 10.1 Å². The Morgan fingerprint density at radius 3 is 2.35 bits per heavy atom. The molecule has 0 radical (unpaired) electrons. The van der Waals surface area contributed by atoms with Crippen molar-refractivity contribution in [3.63, 3.8) is 0 Å². The van der Waals surface area contributed by atoms with Crippen LogP contribution in [0.2, 0.25) is 0 Å². The summed E-state index contributed by atoms with van der Waals surface area (Å²) in [6.45, 7) is 4.98. The number of hydrogen-bond acceptors (Lipinski definition) is 4. The number of likely N-dealkylation sites (N-methyl/N-ethyl adjacent to an activating group) is 2. The maximum absolute atomic E-state index is 11.4. The van der Waals surface area contributed by atoms with Crippen LogP contribution < -0.4 is 5.32 Å². The molecule has 0 aromatic carbocycles. The van der Waals surface area contributed by atoms with Crippen molar-refractivity contribution >= 4 is 5.97 Å². The third-order valence-electron chi connectivity index (χ3n) is 3.97. The summed E-state index contributed by atoms with van der Waals surface area (Å²) in [6.07, 6.45) is 4.96. The number of rotatable bonds is 11. The molecule has 0 heterocycles. The fourth-order valence-electron chi connectivity index (χ4n) is 2.26. The maximum atomic E-state index is 11.4. The van der Waals surface area contributed by atoms with Crippen molar-refractivity contribution in [3.05, 3.63) is 0 Å². The minimum Gasteiger partial charge on any atom is -0.480 e. The van der Waals surface area contributed by atoms with Gasteiger partial charge in [0.25, 0.3) is 0 Å². The van der Waals surface area contributed by atoms with Crippen molar-refractivity contribution < 1.29 is 9.90 Å². The molecule has 5 nitrogen and oxygen atoms in total. The lowest BCUT2D eigenvalue weighted by molar-refractivity contribution is -0.144. The lowest BCUT2D eigenvalue weighted by atomic mass is 9.94. The Morgan fingerprint density at radius 2 is 1.85 bits per heavy atom. The maximum Gasteiger partial charge on any atom is 0.323 e. The summed E-state index contributed by atoms with van der Waals surface area (Å²) in [7, 11) is 6.29. The number of nitrogens with one attached hydrogen (secondary N) is 1. The molecule has 0 aromatic rings. The smallest absolute Gasteiger partial charge is 0.323 e. The summed E-state index contributed by atoms with van der Waals surface area (Å²) in [5.41, 5.74) is -0.747. The molecule has 1 fully saturated rings. The standard InChI is InChI=1S/C15H31N3O2/c1-15(14(19)20,16-13-7-8-13)9-5-6-10-18(4)12-11-17(2)3/h13,16H,5-12H2,1-4H3,(H,19,20). The van der Waals surface area contributed by atoms with Gasteiger partial charge in [0.2, 0.25) is 0 Å². The Morgan fingerprint density at radius 1 is 1.20 bits per heavy atom. The molecule has 1 rings (SSSR count). The van der Waals surface area contributed by atoms with Gasteiger partial charge in [-0.25, -0.2) is 0 Å². The summed E-state index contributed by atoms with van der Waals surface area (Å²) in [5.74, 6) is -0.717. The number of hydrogen-bond donors (Lipinski definition) is 2. The van der Waals surface area contributed by atoms with Crippen LogP contribution >= 0.6 is 0 Å². The van der Waals surface area contributed by atoms with Gasteiger partial charge in [-0.05, 0) is 66.7 Å². The summed E-state index contributed by atoms with van der Waals surface area (Å²) in [6, 6.07) is 0.430. The summed E-state index contributed by atoms with van der Waals surface area (Å²) < 4.78 is 0. The van der Waals surface area contributed by atoms with Gasteiger partial charge >= 0.3 is 5.97 Å². The Hall–Kier alpha value is -0.650. The topological polar surface area (TPSA) is 55.8 Å². The van der Waals surface area contributed by atoms with E-state index < -0.39 is 11.5 Å². The van der Waals surface area contributed by atoms with E-state index in [-0.39, 0.29) is 0 Å². The minimum absolute atomic E-state index is 0.430. The molecule has 1 atom stereocenters. The van der Waals surface area contributed by atoms with Crippen LogP contribution in [0.15, 0.2) is 0 Å². The second-order valence-electron chi connectivity index (χ2n) is 6.62. The van der Waals surface area contributed by atoms with E-state index >= 15 is 0 Å². The van der Waals surface area contributed by atoms with Crippen molar-refractivity contribution in [2.45, 2.75) is 50.6 Å². The Labute approximate surface area is 123 Å². The molecule has 0 aromatic heterocycles. The van der Waals surface area contributed by atoms with E-state index in [0.717, 1.165) is 45.3 Å². The Bertz CT molecular complexity index is 305. The van der Waals surface area contributed by atoms with Crippen molar-refractivity contribution in [2.75, 3.05) is 40.8 Å². The lowest BCUT2D eigenvalue weighted by Gasteiger charge is -2.27. The second-order valence-corrected chi connectivity index (χ2v) is 6.62. The van der Waals surface area contributed by atoms with E-state index in [4.69, 9.17) is 0 Å². The predicted molar refractivity (Wildman–Crippen MR) is 82.1 cm³/mol. The van der Waals surface area contributed by atoms with E-state index in [1.165, 1.54) is 0 Å². The first-order valence-electron chi connectivity index (χ1n) is 7.68. The van der Waals surface area contributed by atoms with Crippen LogP contribution in [-0.2, 0) is 4.79 Å². The number of carboxylic acids is 1. The van der Waals surface area contributed by atoms with Crippen molar-refractivity contribution in [1.82, 2.24) is 15.1 Å². The largest absolute Gasteiger partial charge is 0.480 e. The average Bonchev–Trinajstić information content (AvgIpc) is 3.15. The molecule has 118 valence electrons. The number of nitrogens with zero attached hydrogens (tertiary/aromatic N) is 2. The van der Waals surface area contributed by atoms with E-state index in [1.807, 2.05) is 6.92 Å². The average molecular weight is 285 g/mol. The third-order valence-corrected chi connectivity index (χ3v) is 3.97. The first-order chi connectivity index (χ1) is 9.33. The molecule has 0 amide bonds. The molecule has 0 spiro atoms. The molecule has 2 N–H and O–H groups in total. The van der Waals surface area contributed by atoms with E-state index in [1.54, 1.807) is 0 Å². The zero-order chi connectivity index (χ0) is 15.2. The van der Waals surface area contributed by atoms with Crippen LogP contribution in [0.4, 0.5) is 0 Å². The number of carboxylic acid groups (broad SMARTS) is 1. The van der Waals surface area contributed by atoms with Gasteiger partial charge in [-0.15, -0.1) is 0 Å². The van der Waals surface area contributed by atoms with Gasteiger partial charge in [0, 0.05) is 19.1 Å². The van der Waals surface area contributed by atoms with Gasteiger partial charge in [0.15, 0.2) is 0 Å². The normalized spacial score (nSPS) is 18.5. The molecule has 1 aliphatic rings. The van der Waals surface area contributed by atoms with Gasteiger partial charge in [0.05, 0.1) is 0 Å². The molecule has 5 heteroatoms. The second kappa shape index (κ2) is 7.96. The van der Waals surface area contributed by atoms with Gasteiger partial charge in [-0.1, -0.05) is 0 Å². The summed E-state index contributed by atoms with van der Waals surface area (Å²) in [5, 5.41) is 12.7. The molecule has 0 aliphatic heterocycles. The first-order valence-corrected chi connectivity index (χ1v) is 7.68. The summed E-state index contributed by atoms with van der Waals surface area (Å²) in [4.78, 5) is 15.9. The van der Waals surface area contributed by atoms with Crippen LogP contribution in [0.1, 0.15) is 39.0 Å². The van der Waals surface area contributed by atoms with E-state index in [9.17, 15) is 9.90 Å². The zero-order valence-corrected chi connectivity index (χ0v) is 13.5. The molecular weight excluding hydrogens is 254 g/mol. The molecular formula is C15H31N3O2. The fourth-order valence-corrected chi connectivity index (χ4v) is 2.26. The molecule has 1 aliphatic carbocycles. The lowest BCUT2D eigenvalue weighted by Crippen LogP contribution is -2.50. The highest BCUT2D eigenvalue weighted by Gasteiger charge is 2.37. The molecule has 0 saturated heterocycles. The first kappa shape index (κ1) is 17.4. The van der Waals surface area contributed by atoms with Gasteiger partial charge < -0.3 is 14.9 Å². The predicted octanol–water partition coefficient (Wildman–Crippen LogP) is 1.25. The third kappa shape index (κ3) is 6.68. The van der Waals surface area contributed by atoms with Gasteiger partial charge in [-0.2, -0.15) is 0 Å². The Kier molecular flexibility index (Phi) is 6.92. The van der Waals surface area contributed by atoms with Crippen LogP contribution in [0.3, 0.4) is 0 Å². The minimum atomic E-state index is -0.747. The van der Waals surface area contributed by atoms with Crippen LogP contribution in [0.25, 0.3) is 0 Å². The van der Waals surface area contributed by atoms with Crippen LogP contribution in [-0.4, -0.2) is 73.2 Å². The molecule has 20 heavy (non-hydrogen) atoms. The van der Waals surface area contributed by atoms with Crippen molar-refractivity contribution in [1.29, 1.82) is 0 Å². The van der Waals surface area contributed by atoms with Gasteiger partial charge in [0.1, 0.15) is 5.54 Å². The van der Waals surface area contributed by atoms with Crippen LogP contribution in [0, 0.1) is 0 Å². The molecule has 1 unspecified atom stereocenters. The fraction of sp³-hybridized carbons (Fsp3) is 0.933. The van der Waals surface area contributed by atoms with Crippen molar-refractivity contribution in [3.8, 4) is 0 Å². The highest BCUT2D eigenvalue weighted by atomic mass is 16.4. The highest BCUT2D eigenvalue weighted by Crippen LogP contribution is 2.25. The number of unbranched alkanes of at least 4 members (excludes halogenated alkanes) is 1. The molecule has 1 saturated carbocycles. The SMILES string of the molecule is CN(C)CCN(C)CCCCC(C)(NC1CC1)C(=O)O. The monoisotopic (exact) mass is 285 g/mol. The van der Waals surface area contributed by atoms with E-state index in [2.05, 4.69) is 36.3 Å². The summed E-state index contributed by atoms with van der Waals surface area (Å²) >= 11 is 0. The van der Waals surface area contributed by atoms with Crippen LogP contribution in [0.5, 0.6) is 0 Å². The van der Waals surface area contributed by atoms with Crippen molar-refractivity contribution in [2.24, 2.45) is 0 Å². The quantitative estimate of drug-likeness (QED) is 0.560. The molecule has 0 bridgehead atoms. The number of carbonyl (C=O) groups is 1.